The molecule has 0 radical (unpaired) electrons. The summed E-state index contributed by atoms with van der Waals surface area (Å²) in [4.78, 5) is 19.4. The minimum Gasteiger partial charge on any atom is -0.330 e. The predicted octanol–water partition coefficient (Wildman–Crippen LogP) is 3.90. The van der Waals surface area contributed by atoms with Gasteiger partial charge >= 0.3 is 0 Å². The van der Waals surface area contributed by atoms with Gasteiger partial charge in [0.15, 0.2) is 0 Å². The molecule has 0 saturated carbocycles. The maximum absolute atomic E-state index is 13.0. The van der Waals surface area contributed by atoms with Gasteiger partial charge in [0.05, 0.1) is 17.3 Å². The van der Waals surface area contributed by atoms with Gasteiger partial charge in [0.1, 0.15) is 11.2 Å². The first-order chi connectivity index (χ1) is 11.6. The molecule has 5 nitrogen and oxygen atoms in total. The number of aryl methyl sites for hydroxylation is 1. The van der Waals surface area contributed by atoms with E-state index in [1.807, 2.05) is 42.2 Å². The van der Waals surface area contributed by atoms with Crippen LogP contribution in [-0.2, 0) is 0 Å². The molecule has 4 rings (SSSR count). The number of amides is 1. The van der Waals surface area contributed by atoms with Crippen LogP contribution in [0.25, 0.3) is 11.0 Å². The number of aromatic amines is 1. The lowest BCUT2D eigenvalue weighted by Gasteiger charge is -2.25. The summed E-state index contributed by atoms with van der Waals surface area (Å²) < 4.78 is 0. The topological polar surface area (TPSA) is 61.9 Å². The van der Waals surface area contributed by atoms with Crippen LogP contribution in [0.1, 0.15) is 40.6 Å². The van der Waals surface area contributed by atoms with Gasteiger partial charge in [0, 0.05) is 11.6 Å². The molecular formula is C18H17ClN4O. The number of carbonyl (C=O) groups excluding carboxylic acids is 1. The number of carbonyl (C=O) groups is 1. The van der Waals surface area contributed by atoms with Gasteiger partial charge in [0.2, 0.25) is 0 Å². The molecule has 0 spiro atoms. The van der Waals surface area contributed by atoms with Crippen molar-refractivity contribution in [3.63, 3.8) is 0 Å². The lowest BCUT2D eigenvalue weighted by molar-refractivity contribution is 0.0730. The second kappa shape index (κ2) is 5.91. The molecule has 1 fully saturated rings. The van der Waals surface area contributed by atoms with E-state index in [1.54, 1.807) is 6.07 Å². The Morgan fingerprint density at radius 1 is 1.25 bits per heavy atom. The molecule has 0 bridgehead atoms. The average molecular weight is 341 g/mol. The second-order valence-electron chi connectivity index (χ2n) is 6.11. The van der Waals surface area contributed by atoms with Crippen molar-refractivity contribution in [2.24, 2.45) is 0 Å². The Hall–Kier alpha value is -2.40. The van der Waals surface area contributed by atoms with Crippen LogP contribution in [-0.4, -0.2) is 32.5 Å². The normalized spacial score (nSPS) is 17.6. The van der Waals surface area contributed by atoms with Crippen molar-refractivity contribution >= 4 is 28.5 Å². The molecule has 1 atom stereocenters. The molecule has 1 aliphatic rings. The zero-order chi connectivity index (χ0) is 16.7. The molecule has 3 heterocycles. The summed E-state index contributed by atoms with van der Waals surface area (Å²) in [5.41, 5.74) is 3.98. The molecule has 2 aromatic heterocycles. The lowest BCUT2D eigenvalue weighted by atomic mass is 10.0. The summed E-state index contributed by atoms with van der Waals surface area (Å²) in [5, 5.41) is 7.76. The summed E-state index contributed by atoms with van der Waals surface area (Å²) in [6.07, 6.45) is 1.95. The van der Waals surface area contributed by atoms with Crippen molar-refractivity contribution in [2.75, 3.05) is 6.54 Å². The van der Waals surface area contributed by atoms with Crippen LogP contribution in [0.5, 0.6) is 0 Å². The number of rotatable bonds is 2. The highest BCUT2D eigenvalue weighted by Crippen LogP contribution is 2.33. The number of hydrogen-bond acceptors (Lipinski definition) is 3. The summed E-state index contributed by atoms with van der Waals surface area (Å²) in [5.74, 6) is -0.0325. The van der Waals surface area contributed by atoms with E-state index >= 15 is 0 Å². The smallest absolute Gasteiger partial charge is 0.272 e. The van der Waals surface area contributed by atoms with Crippen molar-refractivity contribution in [1.29, 1.82) is 0 Å². The second-order valence-corrected chi connectivity index (χ2v) is 6.55. The van der Waals surface area contributed by atoms with E-state index in [0.29, 0.717) is 10.7 Å². The molecule has 1 N–H and O–H groups in total. The first-order valence-corrected chi connectivity index (χ1v) is 8.39. The van der Waals surface area contributed by atoms with E-state index in [2.05, 4.69) is 15.2 Å². The van der Waals surface area contributed by atoms with E-state index in [-0.39, 0.29) is 11.9 Å². The molecule has 1 aromatic carbocycles. The number of fused-ring (bicyclic) bond motifs is 1. The third-order valence-electron chi connectivity index (χ3n) is 4.57. The Bertz CT molecular complexity index is 903. The van der Waals surface area contributed by atoms with E-state index in [1.165, 1.54) is 0 Å². The zero-order valence-electron chi connectivity index (χ0n) is 13.3. The molecule has 6 heteroatoms. The van der Waals surface area contributed by atoms with Gasteiger partial charge in [-0.3, -0.25) is 9.89 Å². The molecule has 1 aliphatic heterocycles. The van der Waals surface area contributed by atoms with Gasteiger partial charge < -0.3 is 4.90 Å². The van der Waals surface area contributed by atoms with Crippen molar-refractivity contribution in [2.45, 2.75) is 25.8 Å². The van der Waals surface area contributed by atoms with E-state index in [0.717, 1.165) is 41.7 Å². The fourth-order valence-electron chi connectivity index (χ4n) is 3.33. The monoisotopic (exact) mass is 340 g/mol. The molecule has 1 unspecified atom stereocenters. The minimum absolute atomic E-state index is 0.0325. The fraction of sp³-hybridized carbons (Fsp3) is 0.278. The Labute approximate surface area is 144 Å². The highest BCUT2D eigenvalue weighted by molar-refractivity contribution is 6.30. The predicted molar refractivity (Wildman–Crippen MR) is 93.1 cm³/mol. The summed E-state index contributed by atoms with van der Waals surface area (Å²) >= 11 is 5.97. The highest BCUT2D eigenvalue weighted by atomic mass is 35.5. The Kier molecular flexibility index (Phi) is 3.73. The van der Waals surface area contributed by atoms with Crippen LogP contribution >= 0.6 is 11.6 Å². The summed E-state index contributed by atoms with van der Waals surface area (Å²) in [6.45, 7) is 2.63. The van der Waals surface area contributed by atoms with Crippen LogP contribution in [0, 0.1) is 6.92 Å². The first-order valence-electron chi connectivity index (χ1n) is 8.01. The van der Waals surface area contributed by atoms with Crippen LogP contribution in [0.4, 0.5) is 0 Å². The molecule has 3 aromatic rings. The fourth-order valence-corrected chi connectivity index (χ4v) is 3.46. The maximum atomic E-state index is 13.0. The number of nitrogens with zero attached hydrogens (tertiary/aromatic N) is 3. The molecule has 24 heavy (non-hydrogen) atoms. The minimum atomic E-state index is -0.0325. The number of aromatic nitrogens is 3. The number of nitrogens with one attached hydrogen (secondary N) is 1. The largest absolute Gasteiger partial charge is 0.330 e. The van der Waals surface area contributed by atoms with Crippen molar-refractivity contribution < 1.29 is 4.79 Å². The zero-order valence-corrected chi connectivity index (χ0v) is 14.0. The van der Waals surface area contributed by atoms with Gasteiger partial charge in [-0.25, -0.2) is 4.98 Å². The van der Waals surface area contributed by atoms with Gasteiger partial charge in [-0.15, -0.1) is 0 Å². The number of hydrogen-bond donors (Lipinski definition) is 1. The number of benzene rings is 1. The Morgan fingerprint density at radius 2 is 2.04 bits per heavy atom. The Balaban J connectivity index is 1.66. The standard InChI is InChI=1S/C18H17ClN4O/c1-11-17-14(22-21-11)8-9-15(20-17)18(24)23-10-2-3-16(23)12-4-6-13(19)7-5-12/h4-9,16H,2-3,10H2,1H3,(H,21,22). The van der Waals surface area contributed by atoms with E-state index in [4.69, 9.17) is 11.6 Å². The van der Waals surface area contributed by atoms with E-state index < -0.39 is 0 Å². The molecular weight excluding hydrogens is 324 g/mol. The van der Waals surface area contributed by atoms with Crippen LogP contribution in [0.15, 0.2) is 36.4 Å². The molecule has 1 saturated heterocycles. The number of halogens is 1. The van der Waals surface area contributed by atoms with Crippen molar-refractivity contribution in [3.8, 4) is 0 Å². The van der Waals surface area contributed by atoms with Crippen molar-refractivity contribution in [3.05, 3.63) is 58.4 Å². The summed E-state index contributed by atoms with van der Waals surface area (Å²) in [6, 6.07) is 11.4. The van der Waals surface area contributed by atoms with Crippen molar-refractivity contribution in [1.82, 2.24) is 20.1 Å². The first kappa shape index (κ1) is 15.1. The quantitative estimate of drug-likeness (QED) is 0.769. The van der Waals surface area contributed by atoms with Gasteiger partial charge in [-0.1, -0.05) is 23.7 Å². The third kappa shape index (κ3) is 2.55. The molecule has 122 valence electrons. The van der Waals surface area contributed by atoms with E-state index in [9.17, 15) is 4.79 Å². The molecule has 0 aliphatic carbocycles. The lowest BCUT2D eigenvalue weighted by Crippen LogP contribution is -2.31. The summed E-state index contributed by atoms with van der Waals surface area (Å²) in [7, 11) is 0. The number of pyridine rings is 1. The SMILES string of the molecule is Cc1n[nH]c2ccc(C(=O)N3CCCC3c3ccc(Cl)cc3)nc12. The Morgan fingerprint density at radius 3 is 2.83 bits per heavy atom. The molecule has 1 amide bonds. The number of likely N-dealkylation sites (tertiary alicyclic amines) is 1. The van der Waals surface area contributed by atoms with Crippen LogP contribution in [0.2, 0.25) is 5.02 Å². The van der Waals surface area contributed by atoms with Crippen LogP contribution < -0.4 is 0 Å². The third-order valence-corrected chi connectivity index (χ3v) is 4.82. The van der Waals surface area contributed by atoms with Gasteiger partial charge in [0.25, 0.3) is 5.91 Å². The van der Waals surface area contributed by atoms with Gasteiger partial charge in [-0.2, -0.15) is 5.10 Å². The van der Waals surface area contributed by atoms with Crippen LogP contribution in [0.3, 0.4) is 0 Å². The number of H-pyrrole nitrogens is 1. The highest BCUT2D eigenvalue weighted by Gasteiger charge is 2.31. The maximum Gasteiger partial charge on any atom is 0.272 e. The van der Waals surface area contributed by atoms with Gasteiger partial charge in [-0.05, 0) is 49.6 Å². The average Bonchev–Trinajstić information content (AvgIpc) is 3.22.